The van der Waals surface area contributed by atoms with E-state index in [4.69, 9.17) is 16.2 Å². The molecule has 0 bridgehead atoms. The van der Waals surface area contributed by atoms with Crippen LogP contribution >= 0.6 is 11.6 Å². The molecule has 7 nitrogen and oxygen atoms in total. The normalized spacial score (nSPS) is 12.4. The molecule has 2 N–H and O–H groups in total. The van der Waals surface area contributed by atoms with Crippen LogP contribution in [0.1, 0.15) is 28.4 Å². The summed E-state index contributed by atoms with van der Waals surface area (Å²) in [7, 11) is -5.14. The number of hydrogen-bond acceptors (Lipinski definition) is 5. The third-order valence-corrected chi connectivity index (χ3v) is 3.95. The van der Waals surface area contributed by atoms with Crippen LogP contribution < -0.4 is 9.74 Å². The molecule has 1 aromatic carbocycles. The zero-order chi connectivity index (χ0) is 19.3. The van der Waals surface area contributed by atoms with Crippen LogP contribution in [0.15, 0.2) is 10.9 Å². The number of aromatic nitrogens is 1. The minimum atomic E-state index is -5.14. The Hall–Kier alpha value is -2.11. The maximum absolute atomic E-state index is 13.2. The first-order valence-electron chi connectivity index (χ1n) is 6.38. The largest absolute Gasteiger partial charge is 0.446 e. The summed E-state index contributed by atoms with van der Waals surface area (Å²) in [5.74, 6) is -1.62. The third-order valence-electron chi connectivity index (χ3n) is 3.30. The van der Waals surface area contributed by atoms with E-state index in [1.807, 2.05) is 4.98 Å². The van der Waals surface area contributed by atoms with E-state index in [2.05, 4.69) is 4.18 Å². The van der Waals surface area contributed by atoms with Gasteiger partial charge in [0.15, 0.2) is 11.5 Å². The van der Waals surface area contributed by atoms with Crippen molar-refractivity contribution in [2.45, 2.75) is 20.0 Å². The van der Waals surface area contributed by atoms with Crippen LogP contribution in [-0.2, 0) is 16.6 Å². The summed E-state index contributed by atoms with van der Waals surface area (Å²) in [6.45, 7) is 2.13. The highest BCUT2D eigenvalue weighted by molar-refractivity contribution is 7.81. The topological polar surface area (TPSA) is 114 Å². The van der Waals surface area contributed by atoms with E-state index in [0.717, 1.165) is 13.8 Å². The lowest BCUT2D eigenvalue weighted by Crippen LogP contribution is -2.21. The second-order valence-corrected chi connectivity index (χ2v) is 6.43. The van der Waals surface area contributed by atoms with Crippen molar-refractivity contribution in [1.29, 1.82) is 0 Å². The van der Waals surface area contributed by atoms with Crippen molar-refractivity contribution in [2.24, 2.45) is 0 Å². The monoisotopic (exact) mass is 399 g/mol. The summed E-state index contributed by atoms with van der Waals surface area (Å²) >= 11 is 5.69. The van der Waals surface area contributed by atoms with Crippen molar-refractivity contribution < 1.29 is 35.1 Å². The summed E-state index contributed by atoms with van der Waals surface area (Å²) in [5.41, 5.74) is -4.07. The number of hydrogen-bond donors (Lipinski definition) is 2. The van der Waals surface area contributed by atoms with Gasteiger partial charge in [-0.1, -0.05) is 11.6 Å². The molecule has 0 aliphatic heterocycles. The molecule has 0 saturated carbocycles. The van der Waals surface area contributed by atoms with E-state index in [1.54, 1.807) is 0 Å². The molecule has 0 unspecified atom stereocenters. The summed E-state index contributed by atoms with van der Waals surface area (Å²) < 4.78 is 74.8. The fraction of sp³-hybridized carbons (Fsp3) is 0.231. The van der Waals surface area contributed by atoms with Gasteiger partial charge < -0.3 is 9.17 Å². The molecule has 0 atom stereocenters. The van der Waals surface area contributed by atoms with Crippen molar-refractivity contribution in [1.82, 2.24) is 4.98 Å². The maximum Gasteiger partial charge on any atom is 0.446 e. The standard InChI is InChI=1S/C13H9ClF3NO6S/c1-4-8(5(2)19)12(20)18-10-6(13(15,16)17)3-7(14)11(9(4)10)24-25(21,22)23/h3H,1-2H3,(H,18,20)(H,21,22,23). The van der Waals surface area contributed by atoms with Crippen LogP contribution in [0.3, 0.4) is 0 Å². The molecule has 2 aromatic rings. The molecular weight excluding hydrogens is 391 g/mol. The van der Waals surface area contributed by atoms with E-state index in [0.29, 0.717) is 6.07 Å². The van der Waals surface area contributed by atoms with Crippen LogP contribution in [0.2, 0.25) is 5.02 Å². The Balaban J connectivity index is 3.15. The lowest BCUT2D eigenvalue weighted by Gasteiger charge is -2.17. The minimum Gasteiger partial charge on any atom is -0.359 e. The van der Waals surface area contributed by atoms with Gasteiger partial charge in [-0.05, 0) is 25.5 Å². The number of carbonyl (C=O) groups is 1. The molecule has 12 heteroatoms. The second kappa shape index (κ2) is 6.00. The molecule has 25 heavy (non-hydrogen) atoms. The highest BCUT2D eigenvalue weighted by atomic mass is 35.5. The van der Waals surface area contributed by atoms with Gasteiger partial charge in [0.25, 0.3) is 5.56 Å². The number of benzene rings is 1. The van der Waals surface area contributed by atoms with Crippen molar-refractivity contribution in [2.75, 3.05) is 0 Å². The smallest absolute Gasteiger partial charge is 0.359 e. The fourth-order valence-corrected chi connectivity index (χ4v) is 3.10. The number of halogens is 4. The van der Waals surface area contributed by atoms with Crippen LogP contribution in [-0.4, -0.2) is 23.7 Å². The van der Waals surface area contributed by atoms with Gasteiger partial charge in [0.1, 0.15) is 0 Å². The molecule has 1 aromatic heterocycles. The van der Waals surface area contributed by atoms with Gasteiger partial charge in [-0.2, -0.15) is 21.6 Å². The Bertz CT molecular complexity index is 1060. The van der Waals surface area contributed by atoms with Crippen molar-refractivity contribution in [3.63, 3.8) is 0 Å². The molecule has 0 aliphatic rings. The van der Waals surface area contributed by atoms with Crippen molar-refractivity contribution >= 4 is 38.7 Å². The number of ketones is 1. The van der Waals surface area contributed by atoms with E-state index in [-0.39, 0.29) is 5.56 Å². The van der Waals surface area contributed by atoms with Crippen molar-refractivity contribution in [3.05, 3.63) is 38.1 Å². The van der Waals surface area contributed by atoms with Crippen LogP contribution in [0, 0.1) is 6.92 Å². The maximum atomic E-state index is 13.2. The number of fused-ring (bicyclic) bond motifs is 1. The number of Topliss-reactive ketones (excluding diaryl/α,β-unsaturated/α-hetero) is 1. The molecule has 0 amide bonds. The summed E-state index contributed by atoms with van der Waals surface area (Å²) in [6.07, 6.45) is -4.95. The molecule has 0 radical (unpaired) electrons. The van der Waals surface area contributed by atoms with E-state index < -0.39 is 60.7 Å². The number of alkyl halides is 3. The van der Waals surface area contributed by atoms with Crippen LogP contribution in [0.5, 0.6) is 5.75 Å². The number of aromatic amines is 1. The van der Waals surface area contributed by atoms with E-state index in [9.17, 15) is 31.2 Å². The molecule has 1 heterocycles. The Kier molecular flexibility index (Phi) is 4.61. The van der Waals surface area contributed by atoms with E-state index in [1.165, 1.54) is 0 Å². The zero-order valence-corrected chi connectivity index (χ0v) is 14.1. The van der Waals surface area contributed by atoms with Gasteiger partial charge in [-0.15, -0.1) is 0 Å². The number of H-pyrrole nitrogens is 1. The first-order valence-corrected chi connectivity index (χ1v) is 8.12. The zero-order valence-electron chi connectivity index (χ0n) is 12.5. The quantitative estimate of drug-likeness (QED) is 0.606. The van der Waals surface area contributed by atoms with Gasteiger partial charge in [0.05, 0.1) is 21.7 Å². The van der Waals surface area contributed by atoms with Crippen LogP contribution in [0.4, 0.5) is 13.2 Å². The molecule has 0 aliphatic carbocycles. The highest BCUT2D eigenvalue weighted by Gasteiger charge is 2.36. The first kappa shape index (κ1) is 19.2. The second-order valence-electron chi connectivity index (χ2n) is 5.00. The Labute approximate surface area is 143 Å². The number of nitrogens with one attached hydrogen (secondary N) is 1. The van der Waals surface area contributed by atoms with Crippen molar-refractivity contribution in [3.8, 4) is 5.75 Å². The predicted molar refractivity (Wildman–Crippen MR) is 81.5 cm³/mol. The Morgan fingerprint density at radius 1 is 1.36 bits per heavy atom. The lowest BCUT2D eigenvalue weighted by atomic mass is 9.99. The van der Waals surface area contributed by atoms with Gasteiger partial charge in [-0.25, -0.2) is 0 Å². The molecular formula is C13H9ClF3NO6S. The minimum absolute atomic E-state index is 0.280. The van der Waals surface area contributed by atoms with Gasteiger partial charge in [0, 0.05) is 5.39 Å². The SMILES string of the molecule is CC(=O)c1c(C)c2c(OS(=O)(=O)O)c(Cl)cc(C(F)(F)F)c2[nH]c1=O. The predicted octanol–water partition coefficient (Wildman–Crippen LogP) is 2.89. The van der Waals surface area contributed by atoms with E-state index >= 15 is 0 Å². The molecule has 0 fully saturated rings. The highest BCUT2D eigenvalue weighted by Crippen LogP contribution is 2.43. The summed E-state index contributed by atoms with van der Waals surface area (Å²) in [6, 6.07) is 0.340. The lowest BCUT2D eigenvalue weighted by molar-refractivity contribution is -0.136. The average Bonchev–Trinajstić information content (AvgIpc) is 2.38. The number of aryl methyl sites for hydroxylation is 1. The molecule has 0 saturated heterocycles. The fourth-order valence-electron chi connectivity index (χ4n) is 2.43. The number of pyridine rings is 1. The van der Waals surface area contributed by atoms with Gasteiger partial charge >= 0.3 is 16.6 Å². The average molecular weight is 400 g/mol. The van der Waals surface area contributed by atoms with Gasteiger partial charge in [0.2, 0.25) is 0 Å². The third kappa shape index (κ3) is 3.62. The molecule has 0 spiro atoms. The molecule has 136 valence electrons. The Morgan fingerprint density at radius 3 is 2.36 bits per heavy atom. The molecule has 2 rings (SSSR count). The first-order chi connectivity index (χ1) is 11.2. The summed E-state index contributed by atoms with van der Waals surface area (Å²) in [5, 5.41) is -1.36. The van der Waals surface area contributed by atoms with Gasteiger partial charge in [-0.3, -0.25) is 14.1 Å². The number of carbonyl (C=O) groups excluding carboxylic acids is 1. The summed E-state index contributed by atoms with van der Waals surface area (Å²) in [4.78, 5) is 25.5. The van der Waals surface area contributed by atoms with Crippen LogP contribution in [0.25, 0.3) is 10.9 Å². The number of rotatable bonds is 3. The Morgan fingerprint density at radius 2 is 1.92 bits per heavy atom.